The van der Waals surface area contributed by atoms with E-state index in [1.54, 1.807) is 0 Å². The van der Waals surface area contributed by atoms with Gasteiger partial charge in [-0.25, -0.2) is 0 Å². The average Bonchev–Trinajstić information content (AvgIpc) is 2.56. The summed E-state index contributed by atoms with van der Waals surface area (Å²) in [4.78, 5) is 0. The van der Waals surface area contributed by atoms with Gasteiger partial charge in [-0.1, -0.05) is 0 Å². The van der Waals surface area contributed by atoms with Crippen LogP contribution < -0.4 is 0 Å². The predicted molar refractivity (Wildman–Crippen MR) is 38.2 cm³/mol. The van der Waals surface area contributed by atoms with E-state index in [0.29, 0.717) is 0 Å². The number of aliphatic hydroxyl groups is 2. The molecule has 0 amide bonds. The molecule has 1 aliphatic carbocycles. The van der Waals surface area contributed by atoms with Crippen molar-refractivity contribution in [2.45, 2.75) is 6.42 Å². The van der Waals surface area contributed by atoms with Gasteiger partial charge < -0.3 is 0 Å². The van der Waals surface area contributed by atoms with Crippen LogP contribution in [0, 0.1) is 0 Å². The van der Waals surface area contributed by atoms with Gasteiger partial charge in [-0.15, -0.1) is 0 Å². The molecule has 1 aliphatic rings. The Morgan fingerprint density at radius 2 is 2.00 bits per heavy atom. The van der Waals surface area contributed by atoms with Crippen molar-refractivity contribution in [3.8, 4) is 0 Å². The van der Waals surface area contributed by atoms with E-state index in [4.69, 9.17) is 16.8 Å². The van der Waals surface area contributed by atoms with Gasteiger partial charge in [0, 0.05) is 0 Å². The normalized spacial score (nSPS) is 15.0. The Bertz CT molecular complexity index is 184. The molecule has 67 valence electrons. The third kappa shape index (κ3) is 2.82. The quantitative estimate of drug-likeness (QED) is 0.499. The number of hydrogen-bond acceptors (Lipinski definition) is 4. The Balaban J connectivity index is 2.41. The van der Waals surface area contributed by atoms with E-state index in [2.05, 4.69) is 0 Å². The van der Waals surface area contributed by atoms with Crippen LogP contribution in [0.15, 0.2) is 22.1 Å². The van der Waals surface area contributed by atoms with E-state index in [9.17, 15) is 0 Å². The van der Waals surface area contributed by atoms with Crippen LogP contribution in [0.3, 0.4) is 0 Å². The molecule has 0 spiro atoms. The van der Waals surface area contributed by atoms with Crippen LogP contribution in [0.2, 0.25) is 0 Å². The Kier molecular flexibility index (Phi) is 4.76. The minimum atomic E-state index is -2.26. The van der Waals surface area contributed by atoms with Gasteiger partial charge in [0.1, 0.15) is 0 Å². The second kappa shape index (κ2) is 5.64. The Morgan fingerprint density at radius 1 is 1.33 bits per heavy atom. The summed E-state index contributed by atoms with van der Waals surface area (Å²) < 4.78 is 11.1. The first-order valence-corrected chi connectivity index (χ1v) is 5.64. The van der Waals surface area contributed by atoms with E-state index >= 15 is 0 Å². The van der Waals surface area contributed by atoms with Crippen molar-refractivity contribution in [3.05, 3.63) is 22.1 Å². The van der Waals surface area contributed by atoms with Crippen LogP contribution in [0.1, 0.15) is 6.42 Å². The van der Waals surface area contributed by atoms with Crippen molar-refractivity contribution in [2.24, 2.45) is 0 Å². The fraction of sp³-hybridized carbons (Fsp3) is 0.429. The summed E-state index contributed by atoms with van der Waals surface area (Å²) in [7, 11) is 0. The molecular weight excluding hydrogens is 196 g/mol. The number of hydrogen-bond donors (Lipinski definition) is 2. The molecule has 0 aromatic carbocycles. The summed E-state index contributed by atoms with van der Waals surface area (Å²) in [5.74, 6) is 0. The zero-order valence-electron chi connectivity index (χ0n) is 6.56. The molecule has 1 rings (SSSR count). The third-order valence-corrected chi connectivity index (χ3v) is 4.04. The van der Waals surface area contributed by atoms with Gasteiger partial charge in [0.05, 0.1) is 0 Å². The van der Waals surface area contributed by atoms with Gasteiger partial charge in [-0.2, -0.15) is 0 Å². The van der Waals surface area contributed by atoms with Crippen molar-refractivity contribution in [2.75, 3.05) is 13.6 Å². The van der Waals surface area contributed by atoms with Crippen LogP contribution in [0.25, 0.3) is 0 Å². The zero-order valence-corrected chi connectivity index (χ0v) is 8.13. The summed E-state index contributed by atoms with van der Waals surface area (Å²) in [5, 5.41) is 17.1. The average molecular weight is 207 g/mol. The van der Waals surface area contributed by atoms with E-state index < -0.39 is 18.6 Å². The van der Waals surface area contributed by atoms with Gasteiger partial charge in [0.2, 0.25) is 0 Å². The molecule has 0 bridgehead atoms. The van der Waals surface area contributed by atoms with Crippen LogP contribution in [0.5, 0.6) is 0 Å². The number of allylic oxidation sites excluding steroid dienone is 4. The number of aliphatic hydroxyl groups excluding tert-OH is 2. The van der Waals surface area contributed by atoms with E-state index in [1.165, 1.54) is 0 Å². The van der Waals surface area contributed by atoms with E-state index in [1.807, 2.05) is 18.2 Å². The van der Waals surface area contributed by atoms with Crippen LogP contribution in [0.4, 0.5) is 0 Å². The predicted octanol–water partition coefficient (Wildman–Crippen LogP) is 0.211. The first-order chi connectivity index (χ1) is 5.88. The second-order valence-electron chi connectivity index (χ2n) is 2.16. The first-order valence-electron chi connectivity index (χ1n) is 3.59. The summed E-state index contributed by atoms with van der Waals surface area (Å²) in [5.41, 5.74) is 0. The van der Waals surface area contributed by atoms with E-state index in [0.717, 1.165) is 10.3 Å². The Hall–Kier alpha value is 0.0343. The minimum absolute atomic E-state index is 0.341. The van der Waals surface area contributed by atoms with Gasteiger partial charge in [0.15, 0.2) is 0 Å². The molecule has 0 aliphatic heterocycles. The summed E-state index contributed by atoms with van der Waals surface area (Å²) >= 11 is -2.26. The van der Waals surface area contributed by atoms with Gasteiger partial charge >= 0.3 is 77.6 Å². The van der Waals surface area contributed by atoms with Crippen molar-refractivity contribution >= 4 is 0 Å². The summed E-state index contributed by atoms with van der Waals surface area (Å²) in [6.07, 6.45) is 6.64. The fourth-order valence-corrected chi connectivity index (χ4v) is 2.83. The molecular formula is C7H11O4Ti. The van der Waals surface area contributed by atoms with Crippen molar-refractivity contribution in [3.63, 3.8) is 0 Å². The Labute approximate surface area is 77.9 Å². The molecule has 0 fully saturated rings. The molecule has 0 unspecified atom stereocenters. The van der Waals surface area contributed by atoms with Crippen molar-refractivity contribution < 1.29 is 35.5 Å². The van der Waals surface area contributed by atoms with Crippen LogP contribution in [-0.4, -0.2) is 23.8 Å². The van der Waals surface area contributed by atoms with Crippen molar-refractivity contribution in [1.29, 1.82) is 0 Å². The third-order valence-electron chi connectivity index (χ3n) is 1.42. The van der Waals surface area contributed by atoms with Gasteiger partial charge in [-0.3, -0.25) is 0 Å². The second-order valence-corrected chi connectivity index (χ2v) is 4.96. The molecule has 0 heterocycles. The van der Waals surface area contributed by atoms with Gasteiger partial charge in [0.25, 0.3) is 0 Å². The van der Waals surface area contributed by atoms with Crippen LogP contribution in [-0.2, 0) is 25.3 Å². The molecule has 0 saturated carbocycles. The topological polar surface area (TPSA) is 58.9 Å². The maximum atomic E-state index is 8.53. The number of rotatable bonds is 5. The Morgan fingerprint density at radius 3 is 2.42 bits per heavy atom. The standard InChI is InChI=1S/C5H5.2CH3O2.Ti/c1-2-4-5-3-1;2*2-1-3;/h1-3H,4H2;2*2H,1H2;/q;2*-1;+2. The zero-order chi connectivity index (χ0) is 8.81. The molecule has 0 saturated heterocycles. The molecule has 5 heteroatoms. The molecule has 0 radical (unpaired) electrons. The summed E-state index contributed by atoms with van der Waals surface area (Å²) in [6, 6.07) is 0. The molecule has 12 heavy (non-hydrogen) atoms. The monoisotopic (exact) mass is 207 g/mol. The first kappa shape index (κ1) is 10.1. The summed E-state index contributed by atoms with van der Waals surface area (Å²) in [6.45, 7) is -0.681. The SMILES string of the molecule is OC[O][Ti]([O]CO)[C]1=CC=CC1. The molecule has 0 aromatic rings. The maximum absolute atomic E-state index is 8.53. The molecule has 0 aromatic heterocycles. The van der Waals surface area contributed by atoms with Gasteiger partial charge in [-0.05, 0) is 0 Å². The van der Waals surface area contributed by atoms with Crippen LogP contribution >= 0.6 is 0 Å². The molecule has 0 atom stereocenters. The van der Waals surface area contributed by atoms with E-state index in [-0.39, 0.29) is 13.6 Å². The molecule has 2 N–H and O–H groups in total. The fourth-order valence-electron chi connectivity index (χ4n) is 0.943. The molecule has 4 nitrogen and oxygen atoms in total. The van der Waals surface area contributed by atoms with Crippen molar-refractivity contribution in [1.82, 2.24) is 0 Å².